The molecule has 0 saturated carbocycles. The van der Waals surface area contributed by atoms with Crippen LogP contribution in [0.1, 0.15) is 42.0 Å². The first kappa shape index (κ1) is 14.1. The molecule has 3 heterocycles. The van der Waals surface area contributed by atoms with Gasteiger partial charge in [0.2, 0.25) is 0 Å². The first-order valence-corrected chi connectivity index (χ1v) is 8.47. The topological polar surface area (TPSA) is 41.6 Å². The first-order valence-electron chi connectivity index (χ1n) is 8.47. The highest BCUT2D eigenvalue weighted by atomic mass is 16.5. The van der Waals surface area contributed by atoms with Crippen molar-refractivity contribution in [2.24, 2.45) is 0 Å². The van der Waals surface area contributed by atoms with Crippen molar-refractivity contribution in [3.05, 3.63) is 65.2 Å². The van der Waals surface area contributed by atoms with Crippen LogP contribution in [0.4, 0.5) is 5.69 Å². The summed E-state index contributed by atoms with van der Waals surface area (Å²) in [6.45, 7) is 2.02. The minimum atomic E-state index is -0.659. The van der Waals surface area contributed by atoms with Gasteiger partial charge in [0, 0.05) is 24.1 Å². The van der Waals surface area contributed by atoms with Crippen LogP contribution in [-0.4, -0.2) is 24.8 Å². The minimum absolute atomic E-state index is 0.0974. The number of hydrogen-bond acceptors (Lipinski definition) is 4. The third kappa shape index (κ3) is 1.54. The van der Waals surface area contributed by atoms with Crippen LogP contribution in [0.3, 0.4) is 0 Å². The van der Waals surface area contributed by atoms with Crippen molar-refractivity contribution in [1.82, 2.24) is 5.32 Å². The zero-order chi connectivity index (χ0) is 16.5. The molecule has 2 bridgehead atoms. The second kappa shape index (κ2) is 4.61. The smallest absolute Gasteiger partial charge is 0.331 e. The Morgan fingerprint density at radius 2 is 1.79 bits per heavy atom. The van der Waals surface area contributed by atoms with E-state index < -0.39 is 5.54 Å². The van der Waals surface area contributed by atoms with Crippen molar-refractivity contribution >= 4 is 11.7 Å². The second-order valence-electron chi connectivity index (χ2n) is 7.17. The van der Waals surface area contributed by atoms with Crippen molar-refractivity contribution in [2.75, 3.05) is 12.0 Å². The summed E-state index contributed by atoms with van der Waals surface area (Å²) in [5.41, 5.74) is 4.47. The number of ether oxygens (including phenoxy) is 1. The van der Waals surface area contributed by atoms with Crippen LogP contribution in [-0.2, 0) is 9.53 Å². The highest BCUT2D eigenvalue weighted by molar-refractivity contribution is 5.88. The van der Waals surface area contributed by atoms with E-state index in [-0.39, 0.29) is 24.1 Å². The second-order valence-corrected chi connectivity index (χ2v) is 7.17. The van der Waals surface area contributed by atoms with Crippen LogP contribution in [0, 0.1) is 0 Å². The van der Waals surface area contributed by atoms with Crippen LogP contribution >= 0.6 is 0 Å². The SMILES string of the molecule is COC(=O)[C@@]1(C)C[C@H]2N[C@H]3[C@H](c4ccccc42)c2ccccc2N31. The van der Waals surface area contributed by atoms with Gasteiger partial charge in [0.1, 0.15) is 5.54 Å². The molecule has 0 spiro atoms. The normalized spacial score (nSPS) is 32.1. The molecule has 0 aliphatic carbocycles. The quantitative estimate of drug-likeness (QED) is 0.820. The van der Waals surface area contributed by atoms with E-state index >= 15 is 0 Å². The molecular weight excluding hydrogens is 300 g/mol. The van der Waals surface area contributed by atoms with E-state index in [1.54, 1.807) is 0 Å². The van der Waals surface area contributed by atoms with Gasteiger partial charge in [-0.3, -0.25) is 5.32 Å². The molecule has 1 saturated heterocycles. The summed E-state index contributed by atoms with van der Waals surface area (Å²) in [5.74, 6) is 0.0896. The Bertz CT molecular complexity index is 849. The van der Waals surface area contributed by atoms with Crippen LogP contribution < -0.4 is 10.2 Å². The lowest BCUT2D eigenvalue weighted by Crippen LogP contribution is -2.67. The molecule has 4 atom stereocenters. The lowest BCUT2D eigenvalue weighted by Gasteiger charge is -2.53. The van der Waals surface area contributed by atoms with Crippen LogP contribution in [0.5, 0.6) is 0 Å². The van der Waals surface area contributed by atoms with E-state index in [1.807, 2.05) is 13.0 Å². The van der Waals surface area contributed by atoms with Crippen molar-refractivity contribution < 1.29 is 9.53 Å². The molecule has 1 N–H and O–H groups in total. The van der Waals surface area contributed by atoms with E-state index in [9.17, 15) is 4.79 Å². The van der Waals surface area contributed by atoms with Crippen molar-refractivity contribution in [3.8, 4) is 0 Å². The van der Waals surface area contributed by atoms with E-state index in [0.717, 1.165) is 5.69 Å². The fraction of sp³-hybridized carbons (Fsp3) is 0.350. The fourth-order valence-electron chi connectivity index (χ4n) is 4.99. The standard InChI is InChI=1S/C20H20N2O2/c1-20(19(23)24-2)11-15-12-7-3-4-8-13(12)17-14-9-5-6-10-16(14)22(20)18(17)21-15/h3-10,15,17-18,21H,11H2,1-2H3/t15-,17-,18-,20-/m1/s1. The molecule has 3 aliphatic heterocycles. The summed E-state index contributed by atoms with van der Waals surface area (Å²) in [6, 6.07) is 17.3. The average Bonchev–Trinajstić information content (AvgIpc) is 2.97. The summed E-state index contributed by atoms with van der Waals surface area (Å²) in [6.07, 6.45) is 0.800. The van der Waals surface area contributed by atoms with E-state index in [0.29, 0.717) is 6.42 Å². The molecule has 2 aromatic rings. The Hall–Kier alpha value is -2.33. The molecule has 5 rings (SSSR count). The molecule has 122 valence electrons. The predicted octanol–water partition coefficient (Wildman–Crippen LogP) is 2.94. The number of para-hydroxylation sites is 1. The molecule has 4 nitrogen and oxygen atoms in total. The maximum Gasteiger partial charge on any atom is 0.331 e. The van der Waals surface area contributed by atoms with Crippen molar-refractivity contribution in [3.63, 3.8) is 0 Å². The summed E-state index contributed by atoms with van der Waals surface area (Å²) < 4.78 is 5.20. The summed E-state index contributed by atoms with van der Waals surface area (Å²) in [7, 11) is 1.48. The maximum absolute atomic E-state index is 12.7. The summed E-state index contributed by atoms with van der Waals surface area (Å²) in [4.78, 5) is 15.0. The lowest BCUT2D eigenvalue weighted by molar-refractivity contribution is -0.148. The van der Waals surface area contributed by atoms with Gasteiger partial charge in [0.15, 0.2) is 0 Å². The highest BCUT2D eigenvalue weighted by Gasteiger charge is 2.58. The molecule has 1 fully saturated rings. The van der Waals surface area contributed by atoms with Crippen molar-refractivity contribution in [2.45, 2.75) is 37.0 Å². The third-order valence-electron chi connectivity index (χ3n) is 5.96. The summed E-state index contributed by atoms with van der Waals surface area (Å²) in [5, 5.41) is 3.77. The Balaban J connectivity index is 1.81. The van der Waals surface area contributed by atoms with Gasteiger partial charge in [-0.1, -0.05) is 42.5 Å². The van der Waals surface area contributed by atoms with E-state index in [1.165, 1.54) is 23.8 Å². The van der Waals surface area contributed by atoms with Gasteiger partial charge < -0.3 is 9.64 Å². The molecule has 24 heavy (non-hydrogen) atoms. The number of carbonyl (C=O) groups is 1. The van der Waals surface area contributed by atoms with Gasteiger partial charge in [0.25, 0.3) is 0 Å². The van der Waals surface area contributed by atoms with Gasteiger partial charge in [-0.2, -0.15) is 0 Å². The van der Waals surface area contributed by atoms with Crippen LogP contribution in [0.25, 0.3) is 0 Å². The van der Waals surface area contributed by atoms with E-state index in [4.69, 9.17) is 4.74 Å². The Kier molecular flexibility index (Phi) is 2.70. The third-order valence-corrected chi connectivity index (χ3v) is 5.96. The average molecular weight is 320 g/mol. The number of rotatable bonds is 1. The van der Waals surface area contributed by atoms with Gasteiger partial charge in [0.05, 0.1) is 13.3 Å². The Morgan fingerprint density at radius 3 is 2.54 bits per heavy atom. The van der Waals surface area contributed by atoms with Gasteiger partial charge in [-0.25, -0.2) is 4.79 Å². The van der Waals surface area contributed by atoms with Crippen LogP contribution in [0.2, 0.25) is 0 Å². The fourth-order valence-corrected chi connectivity index (χ4v) is 4.99. The molecule has 0 unspecified atom stereocenters. The maximum atomic E-state index is 12.7. The lowest BCUT2D eigenvalue weighted by atomic mass is 9.75. The molecule has 0 amide bonds. The monoisotopic (exact) mass is 320 g/mol. The Labute approximate surface area is 141 Å². The predicted molar refractivity (Wildman–Crippen MR) is 91.9 cm³/mol. The zero-order valence-electron chi connectivity index (χ0n) is 13.8. The number of nitrogens with one attached hydrogen (secondary N) is 1. The number of fused-ring (bicyclic) bond motifs is 7. The van der Waals surface area contributed by atoms with Crippen molar-refractivity contribution in [1.29, 1.82) is 0 Å². The number of carbonyl (C=O) groups excluding carboxylic acids is 1. The number of nitrogens with zero attached hydrogens (tertiary/aromatic N) is 1. The van der Waals surface area contributed by atoms with Crippen LogP contribution in [0.15, 0.2) is 48.5 Å². The zero-order valence-corrected chi connectivity index (χ0v) is 13.8. The Morgan fingerprint density at radius 1 is 1.12 bits per heavy atom. The molecule has 3 aliphatic rings. The first-order chi connectivity index (χ1) is 11.6. The van der Waals surface area contributed by atoms with E-state index in [2.05, 4.69) is 52.7 Å². The number of esters is 1. The molecule has 2 aromatic carbocycles. The highest BCUT2D eigenvalue weighted by Crippen LogP contribution is 2.55. The molecule has 4 heteroatoms. The largest absolute Gasteiger partial charge is 0.467 e. The molecule has 0 radical (unpaired) electrons. The molecular formula is C20H20N2O2. The van der Waals surface area contributed by atoms with Gasteiger partial charge >= 0.3 is 5.97 Å². The van der Waals surface area contributed by atoms with Gasteiger partial charge in [-0.05, 0) is 29.7 Å². The minimum Gasteiger partial charge on any atom is -0.467 e. The molecule has 0 aromatic heterocycles. The number of hydrogen-bond donors (Lipinski definition) is 1. The summed E-state index contributed by atoms with van der Waals surface area (Å²) >= 11 is 0. The number of anilines is 1. The number of methoxy groups -OCH3 is 1. The van der Waals surface area contributed by atoms with Gasteiger partial charge in [-0.15, -0.1) is 0 Å². The number of benzene rings is 2.